The molecule has 7 heteroatoms. The van der Waals surface area contributed by atoms with E-state index >= 15 is 0 Å². The Balaban J connectivity index is 1.94. The third-order valence-corrected chi connectivity index (χ3v) is 4.81. The number of halogens is 2. The van der Waals surface area contributed by atoms with Crippen LogP contribution in [0.1, 0.15) is 54.5 Å². The van der Waals surface area contributed by atoms with Crippen LogP contribution in [-0.2, 0) is 0 Å². The highest BCUT2D eigenvalue weighted by molar-refractivity contribution is 5.98. The number of fused-ring (bicyclic) bond motifs is 1. The lowest BCUT2D eigenvalue weighted by Crippen LogP contribution is -2.30. The first-order valence-electron chi connectivity index (χ1n) is 8.77. The summed E-state index contributed by atoms with van der Waals surface area (Å²) in [5, 5.41) is 5.12. The molecule has 1 amide bonds. The van der Waals surface area contributed by atoms with Crippen LogP contribution >= 0.6 is 0 Å². The van der Waals surface area contributed by atoms with Gasteiger partial charge in [0.2, 0.25) is 0 Å². The molecule has 3 rings (SSSR count). The number of nitrogens with zero attached hydrogens (tertiary/aromatic N) is 4. The Bertz CT molecular complexity index is 1010. The smallest absolute Gasteiger partial charge is 0.255 e. The number of rotatable bonds is 4. The molecule has 5 nitrogen and oxygen atoms in total. The molecule has 2 heterocycles. The van der Waals surface area contributed by atoms with Gasteiger partial charge in [-0.05, 0) is 51.5 Å². The van der Waals surface area contributed by atoms with Crippen molar-refractivity contribution in [3.63, 3.8) is 0 Å². The summed E-state index contributed by atoms with van der Waals surface area (Å²) in [6, 6.07) is 5.17. The Hall–Kier alpha value is -2.83. The number of hydrogen-bond donors (Lipinski definition) is 0. The number of carbonyl (C=O) groups excluding carboxylic acids is 1. The van der Waals surface area contributed by atoms with Gasteiger partial charge < -0.3 is 4.90 Å². The van der Waals surface area contributed by atoms with E-state index in [1.807, 2.05) is 18.5 Å². The number of pyridine rings is 1. The van der Waals surface area contributed by atoms with Crippen molar-refractivity contribution in [2.24, 2.45) is 0 Å². The predicted octanol–water partition coefficient (Wildman–Crippen LogP) is 4.43. The molecule has 3 aromatic rings. The second-order valence-electron chi connectivity index (χ2n) is 6.98. The Morgan fingerprint density at radius 2 is 1.85 bits per heavy atom. The van der Waals surface area contributed by atoms with E-state index in [0.29, 0.717) is 16.8 Å². The Morgan fingerprint density at radius 3 is 2.48 bits per heavy atom. The molecule has 0 spiro atoms. The highest BCUT2D eigenvalue weighted by atomic mass is 19.2. The van der Waals surface area contributed by atoms with Crippen molar-refractivity contribution in [3.05, 3.63) is 58.9 Å². The average Bonchev–Trinajstić information content (AvgIpc) is 3.04. The first-order valence-corrected chi connectivity index (χ1v) is 8.77. The van der Waals surface area contributed by atoms with Gasteiger partial charge in [-0.25, -0.2) is 18.4 Å². The van der Waals surface area contributed by atoms with Gasteiger partial charge in [-0.2, -0.15) is 5.10 Å². The fourth-order valence-corrected chi connectivity index (χ4v) is 3.02. The lowest BCUT2D eigenvalue weighted by atomic mass is 10.0. The van der Waals surface area contributed by atoms with Crippen LogP contribution in [-0.4, -0.2) is 32.6 Å². The maximum atomic E-state index is 13.5. The van der Waals surface area contributed by atoms with Gasteiger partial charge in [0.15, 0.2) is 17.3 Å². The summed E-state index contributed by atoms with van der Waals surface area (Å²) < 4.78 is 28.5. The molecule has 1 atom stereocenters. The summed E-state index contributed by atoms with van der Waals surface area (Å²) in [7, 11) is 1.63. The van der Waals surface area contributed by atoms with Crippen molar-refractivity contribution >= 4 is 16.9 Å². The molecule has 1 aromatic carbocycles. The van der Waals surface area contributed by atoms with Crippen LogP contribution in [0.5, 0.6) is 0 Å². The summed E-state index contributed by atoms with van der Waals surface area (Å²) in [5.74, 6) is -2.08. The highest BCUT2D eigenvalue weighted by Gasteiger charge is 2.23. The maximum Gasteiger partial charge on any atom is 0.255 e. The van der Waals surface area contributed by atoms with Gasteiger partial charge in [0.1, 0.15) is 0 Å². The Kier molecular flexibility index (Phi) is 4.95. The zero-order valence-corrected chi connectivity index (χ0v) is 16.0. The zero-order chi connectivity index (χ0) is 19.9. The molecule has 0 N–H and O–H groups in total. The number of benzene rings is 1. The summed E-state index contributed by atoms with van der Waals surface area (Å²) in [5.41, 5.74) is 2.31. The van der Waals surface area contributed by atoms with Crippen LogP contribution < -0.4 is 0 Å². The summed E-state index contributed by atoms with van der Waals surface area (Å²) in [6.45, 7) is 7.57. The summed E-state index contributed by atoms with van der Waals surface area (Å²) in [4.78, 5) is 19.1. The van der Waals surface area contributed by atoms with Crippen molar-refractivity contribution < 1.29 is 13.6 Å². The molecule has 2 aromatic heterocycles. The molecule has 27 heavy (non-hydrogen) atoms. The van der Waals surface area contributed by atoms with Gasteiger partial charge in [0.05, 0.1) is 23.5 Å². The fourth-order valence-electron chi connectivity index (χ4n) is 3.02. The molecule has 0 saturated heterocycles. The molecular weight excluding hydrogens is 350 g/mol. The lowest BCUT2D eigenvalue weighted by molar-refractivity contribution is 0.0741. The van der Waals surface area contributed by atoms with E-state index < -0.39 is 17.7 Å². The van der Waals surface area contributed by atoms with E-state index in [-0.39, 0.29) is 11.9 Å². The SMILES string of the molecule is Cc1nc2c(cnn2C(C)C)cc1C(=O)N(C)C(C)c1ccc(F)c(F)c1. The summed E-state index contributed by atoms with van der Waals surface area (Å²) >= 11 is 0. The van der Waals surface area contributed by atoms with Crippen LogP contribution in [0.3, 0.4) is 0 Å². The van der Waals surface area contributed by atoms with Crippen LogP contribution in [0.25, 0.3) is 11.0 Å². The van der Waals surface area contributed by atoms with Crippen LogP contribution in [0.4, 0.5) is 8.78 Å². The number of aryl methyl sites for hydroxylation is 1. The van der Waals surface area contributed by atoms with Crippen molar-refractivity contribution in [2.75, 3.05) is 7.05 Å². The van der Waals surface area contributed by atoms with Gasteiger partial charge in [-0.1, -0.05) is 6.07 Å². The topological polar surface area (TPSA) is 51.0 Å². The average molecular weight is 372 g/mol. The minimum Gasteiger partial charge on any atom is -0.335 e. The van der Waals surface area contributed by atoms with Crippen molar-refractivity contribution in [1.82, 2.24) is 19.7 Å². The molecule has 0 bridgehead atoms. The van der Waals surface area contributed by atoms with Crippen molar-refractivity contribution in [3.8, 4) is 0 Å². The van der Waals surface area contributed by atoms with E-state index in [4.69, 9.17) is 0 Å². The standard InChI is InChI=1S/C20H22F2N4O/c1-11(2)26-19-15(10-23-26)8-16(12(3)24-19)20(27)25(5)13(4)14-6-7-17(21)18(22)9-14/h6-11,13H,1-5H3. The molecule has 1 unspecified atom stereocenters. The normalized spacial score (nSPS) is 12.6. The van der Waals surface area contributed by atoms with Crippen LogP contribution in [0.2, 0.25) is 0 Å². The highest BCUT2D eigenvalue weighted by Crippen LogP contribution is 2.25. The van der Waals surface area contributed by atoms with Crippen LogP contribution in [0.15, 0.2) is 30.5 Å². The fraction of sp³-hybridized carbons (Fsp3) is 0.350. The second-order valence-corrected chi connectivity index (χ2v) is 6.98. The first-order chi connectivity index (χ1) is 12.7. The van der Waals surface area contributed by atoms with E-state index in [2.05, 4.69) is 10.1 Å². The number of aromatic nitrogens is 3. The van der Waals surface area contributed by atoms with Gasteiger partial charge in [0.25, 0.3) is 5.91 Å². The predicted molar refractivity (Wildman–Crippen MR) is 99.5 cm³/mol. The van der Waals surface area contributed by atoms with E-state index in [9.17, 15) is 13.6 Å². The third kappa shape index (κ3) is 3.41. The number of carbonyl (C=O) groups is 1. The van der Waals surface area contributed by atoms with Crippen molar-refractivity contribution in [1.29, 1.82) is 0 Å². The maximum absolute atomic E-state index is 13.5. The number of amides is 1. The second kappa shape index (κ2) is 7.06. The largest absolute Gasteiger partial charge is 0.335 e. The van der Waals surface area contributed by atoms with Gasteiger partial charge >= 0.3 is 0 Å². The molecule has 142 valence electrons. The summed E-state index contributed by atoms with van der Waals surface area (Å²) in [6.07, 6.45) is 1.69. The number of hydrogen-bond acceptors (Lipinski definition) is 3. The monoisotopic (exact) mass is 372 g/mol. The lowest BCUT2D eigenvalue weighted by Gasteiger charge is -2.26. The van der Waals surface area contributed by atoms with E-state index in [1.165, 1.54) is 11.0 Å². The van der Waals surface area contributed by atoms with E-state index in [0.717, 1.165) is 23.2 Å². The van der Waals surface area contributed by atoms with Crippen molar-refractivity contribution in [2.45, 2.75) is 39.8 Å². The van der Waals surface area contributed by atoms with E-state index in [1.54, 1.807) is 33.2 Å². The molecule has 0 radical (unpaired) electrons. The first kappa shape index (κ1) is 18.9. The van der Waals surface area contributed by atoms with Gasteiger partial charge in [-0.3, -0.25) is 4.79 Å². The molecule has 0 aliphatic heterocycles. The van der Waals surface area contributed by atoms with Crippen LogP contribution in [0, 0.1) is 18.6 Å². The van der Waals surface area contributed by atoms with Gasteiger partial charge in [-0.15, -0.1) is 0 Å². The minimum atomic E-state index is -0.930. The Labute approximate surface area is 156 Å². The molecule has 0 saturated carbocycles. The molecular formula is C20H22F2N4O. The zero-order valence-electron chi connectivity index (χ0n) is 16.0. The quantitative estimate of drug-likeness (QED) is 0.681. The minimum absolute atomic E-state index is 0.159. The third-order valence-electron chi connectivity index (χ3n) is 4.81. The molecule has 0 fully saturated rings. The Morgan fingerprint density at radius 1 is 1.15 bits per heavy atom. The molecule has 0 aliphatic rings. The van der Waals surface area contributed by atoms with Gasteiger partial charge in [0, 0.05) is 18.5 Å². The molecule has 0 aliphatic carbocycles.